The average Bonchev–Trinajstić information content (AvgIpc) is 3.25. The number of morpholine rings is 1. The Balaban J connectivity index is 1.52. The second kappa shape index (κ2) is 8.48. The first-order chi connectivity index (χ1) is 14.0. The first kappa shape index (κ1) is 19.8. The van der Waals surface area contributed by atoms with E-state index in [0.29, 0.717) is 28.8 Å². The molecule has 1 saturated heterocycles. The number of benzene rings is 1. The van der Waals surface area contributed by atoms with Crippen LogP contribution in [0.1, 0.15) is 11.8 Å². The lowest BCUT2D eigenvalue weighted by Crippen LogP contribution is -2.36. The van der Waals surface area contributed by atoms with Crippen molar-refractivity contribution < 1.29 is 13.2 Å². The third-order valence-electron chi connectivity index (χ3n) is 4.65. The van der Waals surface area contributed by atoms with Crippen LogP contribution in [0.15, 0.2) is 52.7 Å². The van der Waals surface area contributed by atoms with Crippen LogP contribution >= 0.6 is 11.3 Å². The summed E-state index contributed by atoms with van der Waals surface area (Å²) in [6.45, 7) is 4.98. The van der Waals surface area contributed by atoms with Crippen molar-refractivity contribution in [3.05, 3.63) is 53.4 Å². The van der Waals surface area contributed by atoms with E-state index in [-0.39, 0.29) is 0 Å². The van der Waals surface area contributed by atoms with E-state index in [1.165, 1.54) is 11.3 Å². The molecule has 0 aliphatic carbocycles. The number of sulfonamides is 1. The second-order valence-corrected chi connectivity index (χ2v) is 9.71. The molecular weight excluding hydrogens is 408 g/mol. The van der Waals surface area contributed by atoms with Gasteiger partial charge in [-0.1, -0.05) is 19.1 Å². The molecule has 7 nitrogen and oxygen atoms in total. The van der Waals surface area contributed by atoms with Crippen LogP contribution in [0.5, 0.6) is 0 Å². The van der Waals surface area contributed by atoms with Crippen molar-refractivity contribution in [1.82, 2.24) is 10.2 Å². The fourth-order valence-electron chi connectivity index (χ4n) is 3.08. The van der Waals surface area contributed by atoms with Gasteiger partial charge >= 0.3 is 0 Å². The van der Waals surface area contributed by atoms with E-state index in [9.17, 15) is 8.42 Å². The molecule has 0 atom stereocenters. The van der Waals surface area contributed by atoms with Gasteiger partial charge in [-0.2, -0.15) is 0 Å². The molecule has 4 rings (SSSR count). The Hall–Kier alpha value is -2.49. The van der Waals surface area contributed by atoms with Gasteiger partial charge in [0.25, 0.3) is 10.0 Å². The molecule has 1 aliphatic rings. The molecule has 2 aromatic heterocycles. The predicted molar refractivity (Wildman–Crippen MR) is 115 cm³/mol. The highest BCUT2D eigenvalue weighted by molar-refractivity contribution is 7.94. The summed E-state index contributed by atoms with van der Waals surface area (Å²) in [6.07, 6.45) is 0.814. The van der Waals surface area contributed by atoms with Crippen LogP contribution in [0.4, 0.5) is 11.5 Å². The van der Waals surface area contributed by atoms with Gasteiger partial charge in [-0.15, -0.1) is 21.5 Å². The Labute approximate surface area is 174 Å². The standard InChI is InChI=1S/C20H22N4O3S2/c1-2-17-6-9-20(28-17)29(25,26)23-16-5-3-4-15(14-16)18-7-8-19(22-21-18)24-10-12-27-13-11-24/h3-9,14,23H,2,10-13H2,1H3. The summed E-state index contributed by atoms with van der Waals surface area (Å²) in [5.41, 5.74) is 1.98. The smallest absolute Gasteiger partial charge is 0.271 e. The Morgan fingerprint density at radius 2 is 1.93 bits per heavy atom. The van der Waals surface area contributed by atoms with Gasteiger partial charge in [-0.25, -0.2) is 8.42 Å². The highest BCUT2D eigenvalue weighted by Crippen LogP contribution is 2.27. The first-order valence-corrected chi connectivity index (χ1v) is 11.7. The van der Waals surface area contributed by atoms with Crippen LogP contribution in [0.3, 0.4) is 0 Å². The SMILES string of the molecule is CCc1ccc(S(=O)(=O)Nc2cccc(-c3ccc(N4CCOCC4)nn3)c2)s1. The van der Waals surface area contributed by atoms with Gasteiger partial charge < -0.3 is 9.64 Å². The van der Waals surface area contributed by atoms with Gasteiger partial charge in [0.1, 0.15) is 4.21 Å². The summed E-state index contributed by atoms with van der Waals surface area (Å²) in [5.74, 6) is 0.818. The minimum atomic E-state index is -3.61. The molecule has 29 heavy (non-hydrogen) atoms. The number of hydrogen-bond donors (Lipinski definition) is 1. The lowest BCUT2D eigenvalue weighted by molar-refractivity contribution is 0.122. The van der Waals surface area contributed by atoms with Crippen LogP contribution in [0, 0.1) is 0 Å². The molecular formula is C20H22N4O3S2. The maximum absolute atomic E-state index is 12.7. The maximum atomic E-state index is 12.7. The van der Waals surface area contributed by atoms with E-state index < -0.39 is 10.0 Å². The lowest BCUT2D eigenvalue weighted by atomic mass is 10.1. The fourth-order valence-corrected chi connectivity index (χ4v) is 5.43. The number of aromatic nitrogens is 2. The zero-order chi connectivity index (χ0) is 20.3. The monoisotopic (exact) mass is 430 g/mol. The molecule has 9 heteroatoms. The molecule has 0 amide bonds. The Morgan fingerprint density at radius 3 is 2.62 bits per heavy atom. The lowest BCUT2D eigenvalue weighted by Gasteiger charge is -2.27. The number of hydrogen-bond acceptors (Lipinski definition) is 7. The zero-order valence-corrected chi connectivity index (χ0v) is 17.7. The van der Waals surface area contributed by atoms with Crippen LogP contribution in [-0.2, 0) is 21.2 Å². The Kier molecular flexibility index (Phi) is 5.79. The molecule has 1 N–H and O–H groups in total. The minimum Gasteiger partial charge on any atom is -0.378 e. The van der Waals surface area contributed by atoms with Crippen molar-refractivity contribution in [2.75, 3.05) is 35.9 Å². The zero-order valence-electron chi connectivity index (χ0n) is 16.0. The molecule has 152 valence electrons. The summed E-state index contributed by atoms with van der Waals surface area (Å²) >= 11 is 1.29. The Bertz CT molecular complexity index is 1080. The van der Waals surface area contributed by atoms with Crippen molar-refractivity contribution in [3.8, 4) is 11.3 Å². The van der Waals surface area contributed by atoms with Crippen LogP contribution in [-0.4, -0.2) is 44.9 Å². The molecule has 1 aromatic carbocycles. The van der Waals surface area contributed by atoms with Gasteiger partial charge in [0, 0.05) is 29.2 Å². The van der Waals surface area contributed by atoms with E-state index >= 15 is 0 Å². The number of nitrogens with one attached hydrogen (secondary N) is 1. The third kappa shape index (κ3) is 4.58. The van der Waals surface area contributed by atoms with Crippen molar-refractivity contribution in [2.45, 2.75) is 17.6 Å². The topological polar surface area (TPSA) is 84.4 Å². The summed E-state index contributed by atoms with van der Waals surface area (Å²) < 4.78 is 33.6. The van der Waals surface area contributed by atoms with Gasteiger partial charge in [-0.05, 0) is 42.8 Å². The van der Waals surface area contributed by atoms with Crippen molar-refractivity contribution in [2.24, 2.45) is 0 Å². The number of ether oxygens (including phenoxy) is 1. The summed E-state index contributed by atoms with van der Waals surface area (Å²) in [6, 6.07) is 14.5. The normalized spacial score (nSPS) is 14.7. The van der Waals surface area contributed by atoms with E-state index in [4.69, 9.17) is 4.74 Å². The molecule has 0 unspecified atom stereocenters. The van der Waals surface area contributed by atoms with Crippen molar-refractivity contribution >= 4 is 32.9 Å². The van der Waals surface area contributed by atoms with E-state index in [0.717, 1.165) is 35.8 Å². The van der Waals surface area contributed by atoms with Crippen molar-refractivity contribution in [1.29, 1.82) is 0 Å². The van der Waals surface area contributed by atoms with Crippen LogP contribution in [0.2, 0.25) is 0 Å². The fraction of sp³-hybridized carbons (Fsp3) is 0.300. The molecule has 1 fully saturated rings. The quantitative estimate of drug-likeness (QED) is 0.645. The molecule has 3 aromatic rings. The Morgan fingerprint density at radius 1 is 1.10 bits per heavy atom. The van der Waals surface area contributed by atoms with E-state index in [2.05, 4.69) is 19.8 Å². The van der Waals surface area contributed by atoms with Gasteiger partial charge in [0.2, 0.25) is 0 Å². The van der Waals surface area contributed by atoms with Crippen LogP contribution in [0.25, 0.3) is 11.3 Å². The van der Waals surface area contributed by atoms with Gasteiger partial charge in [-0.3, -0.25) is 4.72 Å². The number of rotatable bonds is 6. The van der Waals surface area contributed by atoms with E-state index in [1.807, 2.05) is 31.2 Å². The summed E-state index contributed by atoms with van der Waals surface area (Å²) in [4.78, 5) is 3.17. The second-order valence-electron chi connectivity index (χ2n) is 6.64. The molecule has 0 saturated carbocycles. The predicted octanol–water partition coefficient (Wildman–Crippen LogP) is 3.40. The number of thiophene rings is 1. The first-order valence-electron chi connectivity index (χ1n) is 9.43. The minimum absolute atomic E-state index is 0.314. The molecule has 1 aliphatic heterocycles. The number of aryl methyl sites for hydroxylation is 1. The maximum Gasteiger partial charge on any atom is 0.271 e. The molecule has 0 bridgehead atoms. The number of anilines is 2. The summed E-state index contributed by atoms with van der Waals surface area (Å²) in [5, 5.41) is 8.65. The highest BCUT2D eigenvalue weighted by atomic mass is 32.2. The number of nitrogens with zero attached hydrogens (tertiary/aromatic N) is 3. The molecule has 3 heterocycles. The largest absolute Gasteiger partial charge is 0.378 e. The average molecular weight is 431 g/mol. The molecule has 0 spiro atoms. The third-order valence-corrected chi connectivity index (χ3v) is 7.75. The van der Waals surface area contributed by atoms with Crippen molar-refractivity contribution in [3.63, 3.8) is 0 Å². The van der Waals surface area contributed by atoms with Gasteiger partial charge in [0.15, 0.2) is 5.82 Å². The molecule has 0 radical (unpaired) electrons. The van der Waals surface area contributed by atoms with Gasteiger partial charge in [0.05, 0.1) is 18.9 Å². The highest BCUT2D eigenvalue weighted by Gasteiger charge is 2.17. The van der Waals surface area contributed by atoms with Crippen LogP contribution < -0.4 is 9.62 Å². The van der Waals surface area contributed by atoms with E-state index in [1.54, 1.807) is 24.3 Å². The summed E-state index contributed by atoms with van der Waals surface area (Å²) in [7, 11) is -3.61.